The van der Waals surface area contributed by atoms with Gasteiger partial charge in [0.2, 0.25) is 5.89 Å². The van der Waals surface area contributed by atoms with Crippen LogP contribution in [0.15, 0.2) is 4.52 Å². The standard InChI is InChI=1S/C15H26N4O/c1-15(2)8-7-9-16-12(15)13-17-14(18-20-13)19-10-5-3-4-6-11-19/h12,16H,3-11H2,1-2H3. The summed E-state index contributed by atoms with van der Waals surface area (Å²) in [7, 11) is 0. The van der Waals surface area contributed by atoms with E-state index in [1.807, 2.05) is 0 Å². The van der Waals surface area contributed by atoms with Gasteiger partial charge in [0.15, 0.2) is 0 Å². The number of hydrogen-bond donors (Lipinski definition) is 1. The number of piperidine rings is 1. The summed E-state index contributed by atoms with van der Waals surface area (Å²) in [4.78, 5) is 6.95. The first-order valence-corrected chi connectivity index (χ1v) is 7.99. The first-order chi connectivity index (χ1) is 9.67. The smallest absolute Gasteiger partial charge is 0.266 e. The number of anilines is 1. The van der Waals surface area contributed by atoms with Crippen molar-refractivity contribution in [1.82, 2.24) is 15.5 Å². The third-order valence-electron chi connectivity index (χ3n) is 4.69. The third kappa shape index (κ3) is 2.82. The molecule has 1 N–H and O–H groups in total. The molecule has 0 aromatic carbocycles. The zero-order valence-electron chi connectivity index (χ0n) is 12.7. The highest BCUT2D eigenvalue weighted by Crippen LogP contribution is 2.39. The Morgan fingerprint density at radius 3 is 2.60 bits per heavy atom. The van der Waals surface area contributed by atoms with Crippen molar-refractivity contribution in [2.24, 2.45) is 5.41 Å². The Bertz CT molecular complexity index is 435. The summed E-state index contributed by atoms with van der Waals surface area (Å²) in [6, 6.07) is 0.185. The molecule has 0 aliphatic carbocycles. The normalized spacial score (nSPS) is 27.3. The molecule has 3 rings (SSSR count). The van der Waals surface area contributed by atoms with Crippen molar-refractivity contribution in [2.45, 2.75) is 58.4 Å². The molecular weight excluding hydrogens is 252 g/mol. The van der Waals surface area contributed by atoms with E-state index < -0.39 is 0 Å². The molecule has 1 aromatic heterocycles. The van der Waals surface area contributed by atoms with E-state index in [0.29, 0.717) is 0 Å². The van der Waals surface area contributed by atoms with Gasteiger partial charge >= 0.3 is 0 Å². The number of nitrogens with zero attached hydrogens (tertiary/aromatic N) is 3. The van der Waals surface area contributed by atoms with Crippen LogP contribution in [0.2, 0.25) is 0 Å². The maximum atomic E-state index is 5.57. The van der Waals surface area contributed by atoms with E-state index in [2.05, 4.69) is 34.2 Å². The van der Waals surface area contributed by atoms with Crippen molar-refractivity contribution < 1.29 is 4.52 Å². The molecule has 0 spiro atoms. The Balaban J connectivity index is 1.75. The van der Waals surface area contributed by atoms with E-state index in [4.69, 9.17) is 4.52 Å². The van der Waals surface area contributed by atoms with E-state index >= 15 is 0 Å². The summed E-state index contributed by atoms with van der Waals surface area (Å²) < 4.78 is 5.57. The van der Waals surface area contributed by atoms with Crippen LogP contribution in [0.3, 0.4) is 0 Å². The van der Waals surface area contributed by atoms with Crippen LogP contribution >= 0.6 is 0 Å². The highest BCUT2D eigenvalue weighted by Gasteiger charge is 2.37. The second kappa shape index (κ2) is 5.72. The molecule has 112 valence electrons. The SMILES string of the molecule is CC1(C)CCCNC1c1nc(N2CCCCCC2)no1. The molecule has 0 bridgehead atoms. The lowest BCUT2D eigenvalue weighted by Gasteiger charge is -2.36. The van der Waals surface area contributed by atoms with Crippen LogP contribution in [0.5, 0.6) is 0 Å². The fourth-order valence-corrected chi connectivity index (χ4v) is 3.38. The minimum absolute atomic E-state index is 0.181. The fourth-order valence-electron chi connectivity index (χ4n) is 3.38. The van der Waals surface area contributed by atoms with Crippen molar-refractivity contribution in [1.29, 1.82) is 0 Å². The van der Waals surface area contributed by atoms with E-state index in [-0.39, 0.29) is 11.5 Å². The van der Waals surface area contributed by atoms with E-state index in [1.165, 1.54) is 38.5 Å². The van der Waals surface area contributed by atoms with Crippen LogP contribution in [0.25, 0.3) is 0 Å². The summed E-state index contributed by atoms with van der Waals surface area (Å²) >= 11 is 0. The molecule has 0 radical (unpaired) electrons. The Labute approximate surface area is 121 Å². The number of nitrogens with one attached hydrogen (secondary N) is 1. The molecule has 0 amide bonds. The molecule has 2 aliphatic heterocycles. The highest BCUT2D eigenvalue weighted by atomic mass is 16.5. The Morgan fingerprint density at radius 1 is 1.15 bits per heavy atom. The van der Waals surface area contributed by atoms with Gasteiger partial charge in [-0.05, 0) is 42.8 Å². The van der Waals surface area contributed by atoms with Gasteiger partial charge in [0.05, 0.1) is 6.04 Å². The lowest BCUT2D eigenvalue weighted by Crippen LogP contribution is -2.40. The van der Waals surface area contributed by atoms with Gasteiger partial charge in [-0.2, -0.15) is 4.98 Å². The van der Waals surface area contributed by atoms with Crippen molar-refractivity contribution in [2.75, 3.05) is 24.5 Å². The van der Waals surface area contributed by atoms with Gasteiger partial charge in [-0.1, -0.05) is 26.7 Å². The Morgan fingerprint density at radius 2 is 1.90 bits per heavy atom. The molecular formula is C15H26N4O. The summed E-state index contributed by atoms with van der Waals surface area (Å²) in [6.07, 6.45) is 7.52. The van der Waals surface area contributed by atoms with Gasteiger partial charge in [-0.3, -0.25) is 0 Å². The minimum atomic E-state index is 0.181. The van der Waals surface area contributed by atoms with Crippen molar-refractivity contribution in [3.8, 4) is 0 Å². The quantitative estimate of drug-likeness (QED) is 0.901. The zero-order valence-corrected chi connectivity index (χ0v) is 12.7. The van der Waals surface area contributed by atoms with Crippen LogP contribution in [-0.4, -0.2) is 29.8 Å². The average Bonchev–Trinajstić information content (AvgIpc) is 2.73. The maximum Gasteiger partial charge on any atom is 0.266 e. The summed E-state index contributed by atoms with van der Waals surface area (Å²) in [5.74, 6) is 1.54. The first kappa shape index (κ1) is 13.9. The van der Waals surface area contributed by atoms with Crippen LogP contribution in [0.4, 0.5) is 5.95 Å². The molecule has 20 heavy (non-hydrogen) atoms. The van der Waals surface area contributed by atoms with Gasteiger partial charge in [0.1, 0.15) is 0 Å². The molecule has 1 unspecified atom stereocenters. The lowest BCUT2D eigenvalue weighted by atomic mass is 9.77. The minimum Gasteiger partial charge on any atom is -0.338 e. The summed E-state index contributed by atoms with van der Waals surface area (Å²) in [6.45, 7) is 7.70. The van der Waals surface area contributed by atoms with Gasteiger partial charge in [0, 0.05) is 13.1 Å². The Kier molecular flexibility index (Phi) is 3.96. The zero-order chi connectivity index (χ0) is 14.0. The van der Waals surface area contributed by atoms with Gasteiger partial charge in [-0.15, -0.1) is 0 Å². The van der Waals surface area contributed by atoms with Gasteiger partial charge in [0.25, 0.3) is 5.95 Å². The topological polar surface area (TPSA) is 54.2 Å². The van der Waals surface area contributed by atoms with Crippen molar-refractivity contribution in [3.63, 3.8) is 0 Å². The average molecular weight is 278 g/mol. The maximum absolute atomic E-state index is 5.57. The van der Waals surface area contributed by atoms with Gasteiger partial charge < -0.3 is 14.7 Å². The van der Waals surface area contributed by atoms with E-state index in [1.54, 1.807) is 0 Å². The summed E-state index contributed by atoms with van der Waals surface area (Å²) in [5.41, 5.74) is 0.181. The van der Waals surface area contributed by atoms with Crippen LogP contribution in [0, 0.1) is 5.41 Å². The molecule has 1 aromatic rings. The molecule has 2 aliphatic rings. The van der Waals surface area contributed by atoms with Crippen LogP contribution in [-0.2, 0) is 0 Å². The monoisotopic (exact) mass is 278 g/mol. The second-order valence-electron chi connectivity index (χ2n) is 6.81. The van der Waals surface area contributed by atoms with E-state index in [0.717, 1.165) is 31.5 Å². The largest absolute Gasteiger partial charge is 0.338 e. The number of rotatable bonds is 2. The van der Waals surface area contributed by atoms with Gasteiger partial charge in [-0.25, -0.2) is 0 Å². The predicted molar refractivity (Wildman–Crippen MR) is 78.7 cm³/mol. The molecule has 2 fully saturated rings. The lowest BCUT2D eigenvalue weighted by molar-refractivity contribution is 0.146. The molecule has 0 saturated carbocycles. The molecule has 1 atom stereocenters. The summed E-state index contributed by atoms with van der Waals surface area (Å²) in [5, 5.41) is 7.76. The van der Waals surface area contributed by atoms with Crippen LogP contribution < -0.4 is 10.2 Å². The molecule has 5 heteroatoms. The van der Waals surface area contributed by atoms with Crippen molar-refractivity contribution >= 4 is 5.95 Å². The fraction of sp³-hybridized carbons (Fsp3) is 0.867. The molecule has 5 nitrogen and oxygen atoms in total. The highest BCUT2D eigenvalue weighted by molar-refractivity contribution is 5.28. The number of aromatic nitrogens is 2. The third-order valence-corrected chi connectivity index (χ3v) is 4.69. The molecule has 3 heterocycles. The Hall–Kier alpha value is -1.10. The van der Waals surface area contributed by atoms with Crippen molar-refractivity contribution in [3.05, 3.63) is 5.89 Å². The molecule has 2 saturated heterocycles. The second-order valence-corrected chi connectivity index (χ2v) is 6.81. The number of hydrogen-bond acceptors (Lipinski definition) is 5. The predicted octanol–water partition coefficient (Wildman–Crippen LogP) is 2.90. The van der Waals surface area contributed by atoms with E-state index in [9.17, 15) is 0 Å². The van der Waals surface area contributed by atoms with Crippen LogP contribution in [0.1, 0.15) is 64.3 Å². The first-order valence-electron chi connectivity index (χ1n) is 7.99.